The Morgan fingerprint density at radius 3 is 2.62 bits per heavy atom. The van der Waals surface area contributed by atoms with Crippen LogP contribution in [-0.4, -0.2) is 6.10 Å². The lowest BCUT2D eigenvalue weighted by Gasteiger charge is -2.30. The molecule has 1 fully saturated rings. The Bertz CT molecular complexity index is 535. The number of hydrogen-bond donors (Lipinski definition) is 0. The van der Waals surface area contributed by atoms with E-state index in [1.54, 1.807) is 0 Å². The van der Waals surface area contributed by atoms with Crippen LogP contribution in [0.2, 0.25) is 0 Å². The first-order valence-corrected chi connectivity index (χ1v) is 8.38. The number of rotatable bonds is 2. The van der Waals surface area contributed by atoms with Crippen molar-refractivity contribution in [3.05, 3.63) is 29.3 Å². The second-order valence-corrected chi connectivity index (χ2v) is 6.92. The maximum Gasteiger partial charge on any atom is 0.123 e. The maximum atomic E-state index is 9.77. The van der Waals surface area contributed by atoms with E-state index in [4.69, 9.17) is 4.74 Å². The van der Waals surface area contributed by atoms with Gasteiger partial charge in [-0.1, -0.05) is 49.8 Å². The molecule has 1 atom stereocenters. The van der Waals surface area contributed by atoms with E-state index in [9.17, 15) is 5.26 Å². The van der Waals surface area contributed by atoms with E-state index in [1.165, 1.54) is 43.2 Å². The van der Waals surface area contributed by atoms with Crippen LogP contribution in [0.4, 0.5) is 0 Å². The van der Waals surface area contributed by atoms with Gasteiger partial charge in [-0.3, -0.25) is 0 Å². The van der Waals surface area contributed by atoms with E-state index >= 15 is 0 Å². The Kier molecular flexibility index (Phi) is 4.19. The number of ether oxygens (including phenoxy) is 1. The zero-order valence-electron chi connectivity index (χ0n) is 13.0. The molecule has 0 bridgehead atoms. The average molecular weight is 283 g/mol. The smallest absolute Gasteiger partial charge is 0.123 e. The zero-order chi connectivity index (χ0) is 14.7. The fourth-order valence-corrected chi connectivity index (χ4v) is 3.94. The highest BCUT2D eigenvalue weighted by molar-refractivity contribution is 5.40. The summed E-state index contributed by atoms with van der Waals surface area (Å²) in [5.74, 6) is 1.03. The van der Waals surface area contributed by atoms with Crippen molar-refractivity contribution >= 4 is 0 Å². The average Bonchev–Trinajstić information content (AvgIpc) is 2.83. The first kappa shape index (κ1) is 14.4. The Hall–Kier alpha value is -1.49. The molecule has 0 amide bonds. The van der Waals surface area contributed by atoms with E-state index in [0.29, 0.717) is 0 Å². The van der Waals surface area contributed by atoms with Gasteiger partial charge in [-0.25, -0.2) is 0 Å². The van der Waals surface area contributed by atoms with Crippen molar-refractivity contribution in [1.29, 1.82) is 5.26 Å². The Balaban J connectivity index is 1.69. The van der Waals surface area contributed by atoms with Gasteiger partial charge in [0, 0.05) is 12.8 Å². The molecule has 0 radical (unpaired) electrons. The molecule has 2 heteroatoms. The van der Waals surface area contributed by atoms with Gasteiger partial charge in [0.15, 0.2) is 0 Å². The van der Waals surface area contributed by atoms with Crippen LogP contribution in [0, 0.1) is 23.7 Å². The first-order valence-electron chi connectivity index (χ1n) is 8.38. The molecule has 3 rings (SSSR count). The molecule has 1 saturated carbocycles. The van der Waals surface area contributed by atoms with Crippen molar-refractivity contribution in [2.45, 2.75) is 70.8 Å². The molecule has 21 heavy (non-hydrogen) atoms. The predicted octanol–water partition coefficient (Wildman–Crippen LogP) is 4.94. The molecule has 2 nitrogen and oxygen atoms in total. The standard InChI is InChI=1S/C19H25NO/c1-15-7-8-18-16(11-15)12-17(21-18)13-19(14-20)9-5-3-2-4-6-10-19/h7-8,11,17H,2-6,9-10,12-13H2,1H3. The molecule has 1 heterocycles. The van der Waals surface area contributed by atoms with Gasteiger partial charge in [0.2, 0.25) is 0 Å². The number of nitriles is 1. The molecule has 1 unspecified atom stereocenters. The lowest BCUT2D eigenvalue weighted by Crippen LogP contribution is -2.28. The van der Waals surface area contributed by atoms with E-state index < -0.39 is 0 Å². The number of benzene rings is 1. The molecule has 1 aliphatic carbocycles. The Morgan fingerprint density at radius 2 is 1.90 bits per heavy atom. The number of nitrogens with zero attached hydrogens (tertiary/aromatic N) is 1. The number of hydrogen-bond acceptors (Lipinski definition) is 2. The highest BCUT2D eigenvalue weighted by atomic mass is 16.5. The third-order valence-electron chi connectivity index (χ3n) is 5.12. The van der Waals surface area contributed by atoms with Gasteiger partial charge in [-0.05, 0) is 31.4 Å². The molecule has 0 aromatic heterocycles. The summed E-state index contributed by atoms with van der Waals surface area (Å²) in [5, 5.41) is 9.77. The molecule has 1 aromatic carbocycles. The van der Waals surface area contributed by atoms with Crippen molar-refractivity contribution in [2.75, 3.05) is 0 Å². The third kappa shape index (κ3) is 3.23. The summed E-state index contributed by atoms with van der Waals surface area (Å²) in [6.45, 7) is 2.12. The molecule has 112 valence electrons. The monoisotopic (exact) mass is 283 g/mol. The second kappa shape index (κ2) is 6.10. The molecule has 0 saturated heterocycles. The lowest BCUT2D eigenvalue weighted by molar-refractivity contribution is 0.146. The molecule has 0 spiro atoms. The van der Waals surface area contributed by atoms with E-state index in [0.717, 1.165) is 31.4 Å². The van der Waals surface area contributed by atoms with Crippen LogP contribution in [0.1, 0.15) is 62.5 Å². The summed E-state index contributed by atoms with van der Waals surface area (Å²) in [6.07, 6.45) is 10.5. The van der Waals surface area contributed by atoms with Crippen LogP contribution in [0.3, 0.4) is 0 Å². The van der Waals surface area contributed by atoms with E-state index in [2.05, 4.69) is 31.2 Å². The van der Waals surface area contributed by atoms with Gasteiger partial charge < -0.3 is 4.74 Å². The number of aryl methyl sites for hydroxylation is 1. The topological polar surface area (TPSA) is 33.0 Å². The van der Waals surface area contributed by atoms with Crippen LogP contribution in [-0.2, 0) is 6.42 Å². The SMILES string of the molecule is Cc1ccc2c(c1)CC(CC1(C#N)CCCCCCC1)O2. The van der Waals surface area contributed by atoms with Crippen LogP contribution in [0.15, 0.2) is 18.2 Å². The van der Waals surface area contributed by atoms with Crippen molar-refractivity contribution in [3.63, 3.8) is 0 Å². The normalized spacial score (nSPS) is 24.3. The van der Waals surface area contributed by atoms with Crippen LogP contribution in [0.25, 0.3) is 0 Å². The highest BCUT2D eigenvalue weighted by Crippen LogP contribution is 2.41. The minimum Gasteiger partial charge on any atom is -0.490 e. The Morgan fingerprint density at radius 1 is 1.19 bits per heavy atom. The van der Waals surface area contributed by atoms with E-state index in [1.807, 2.05) is 0 Å². The van der Waals surface area contributed by atoms with Crippen LogP contribution >= 0.6 is 0 Å². The van der Waals surface area contributed by atoms with Crippen molar-refractivity contribution < 1.29 is 4.74 Å². The molecular weight excluding hydrogens is 258 g/mol. The number of fused-ring (bicyclic) bond motifs is 1. The van der Waals surface area contributed by atoms with Gasteiger partial charge in [0.05, 0.1) is 11.5 Å². The van der Waals surface area contributed by atoms with Crippen LogP contribution in [0.5, 0.6) is 5.75 Å². The van der Waals surface area contributed by atoms with Crippen LogP contribution < -0.4 is 4.74 Å². The second-order valence-electron chi connectivity index (χ2n) is 6.92. The minimum absolute atomic E-state index is 0.151. The van der Waals surface area contributed by atoms with Crippen molar-refractivity contribution in [1.82, 2.24) is 0 Å². The highest BCUT2D eigenvalue weighted by Gasteiger charge is 2.36. The molecule has 0 N–H and O–H groups in total. The fraction of sp³-hybridized carbons (Fsp3) is 0.632. The summed E-state index contributed by atoms with van der Waals surface area (Å²) < 4.78 is 6.11. The maximum absolute atomic E-state index is 9.77. The summed E-state index contributed by atoms with van der Waals surface area (Å²) in [5.41, 5.74) is 2.46. The Labute approximate surface area is 128 Å². The van der Waals surface area contributed by atoms with Gasteiger partial charge in [0.1, 0.15) is 11.9 Å². The van der Waals surface area contributed by atoms with Gasteiger partial charge in [-0.15, -0.1) is 0 Å². The summed E-state index contributed by atoms with van der Waals surface area (Å²) in [7, 11) is 0. The van der Waals surface area contributed by atoms with Crippen molar-refractivity contribution in [3.8, 4) is 11.8 Å². The summed E-state index contributed by atoms with van der Waals surface area (Å²) in [4.78, 5) is 0. The fourth-order valence-electron chi connectivity index (χ4n) is 3.94. The summed E-state index contributed by atoms with van der Waals surface area (Å²) in [6, 6.07) is 9.09. The predicted molar refractivity (Wildman–Crippen MR) is 84.3 cm³/mol. The van der Waals surface area contributed by atoms with Crippen molar-refractivity contribution in [2.24, 2.45) is 5.41 Å². The molecule has 2 aliphatic rings. The quantitative estimate of drug-likeness (QED) is 0.770. The molecule has 1 aromatic rings. The largest absolute Gasteiger partial charge is 0.490 e. The third-order valence-corrected chi connectivity index (χ3v) is 5.12. The molecular formula is C19H25NO. The summed E-state index contributed by atoms with van der Waals surface area (Å²) >= 11 is 0. The first-order chi connectivity index (χ1) is 10.2. The van der Waals surface area contributed by atoms with Gasteiger partial charge in [-0.2, -0.15) is 5.26 Å². The zero-order valence-corrected chi connectivity index (χ0v) is 13.0. The lowest BCUT2D eigenvalue weighted by atomic mass is 9.73. The van der Waals surface area contributed by atoms with E-state index in [-0.39, 0.29) is 11.5 Å². The van der Waals surface area contributed by atoms with Gasteiger partial charge in [0.25, 0.3) is 0 Å². The minimum atomic E-state index is -0.151. The van der Waals surface area contributed by atoms with Gasteiger partial charge >= 0.3 is 0 Å². The molecule has 1 aliphatic heterocycles.